The number of rotatable bonds is 23. The van der Waals surface area contributed by atoms with Crippen LogP contribution < -0.4 is 9.64 Å². The van der Waals surface area contributed by atoms with Crippen molar-refractivity contribution in [2.75, 3.05) is 117 Å². The molecule has 1 aromatic carbocycles. The molecule has 0 radical (unpaired) electrons. The van der Waals surface area contributed by atoms with Crippen molar-refractivity contribution in [3.63, 3.8) is 0 Å². The van der Waals surface area contributed by atoms with E-state index in [2.05, 4.69) is 65.5 Å². The number of benzene rings is 1. The number of aryl methyl sites for hydroxylation is 1. The van der Waals surface area contributed by atoms with Crippen LogP contribution in [0.25, 0.3) is 0 Å². The molecule has 39 heavy (non-hydrogen) atoms. The quantitative estimate of drug-likeness (QED) is 0.124. The van der Waals surface area contributed by atoms with Gasteiger partial charge in [-0.1, -0.05) is 20.9 Å². The van der Waals surface area contributed by atoms with Crippen LogP contribution in [-0.4, -0.2) is 121 Å². The zero-order valence-electron chi connectivity index (χ0n) is 25.5. The average Bonchev–Trinajstić information content (AvgIpc) is 2.94. The molecule has 7 heteroatoms. The maximum atomic E-state index is 6.12. The van der Waals surface area contributed by atoms with Gasteiger partial charge in [-0.05, 0) is 60.1 Å². The molecule has 1 rings (SSSR count). The van der Waals surface area contributed by atoms with Crippen molar-refractivity contribution < 1.29 is 27.9 Å². The highest BCUT2D eigenvalue weighted by Gasteiger charge is 2.21. The molecule has 0 heterocycles. The highest BCUT2D eigenvalue weighted by molar-refractivity contribution is 5.56. The summed E-state index contributed by atoms with van der Waals surface area (Å²) in [7, 11) is 1.72. The van der Waals surface area contributed by atoms with E-state index < -0.39 is 0 Å². The van der Waals surface area contributed by atoms with Gasteiger partial charge in [-0.25, -0.2) is 0 Å². The van der Waals surface area contributed by atoms with Gasteiger partial charge in [-0.2, -0.15) is 0 Å². The molecule has 0 aliphatic rings. The summed E-state index contributed by atoms with van der Waals surface area (Å²) in [5.74, 6) is 0.873. The first-order valence-corrected chi connectivity index (χ1v) is 14.7. The van der Waals surface area contributed by atoms with Crippen molar-refractivity contribution >= 4 is 5.69 Å². The molecular formula is C32H67N3O4+2. The van der Waals surface area contributed by atoms with Gasteiger partial charge in [-0.15, -0.1) is 0 Å². The highest BCUT2D eigenvalue weighted by Crippen LogP contribution is 2.25. The van der Waals surface area contributed by atoms with Crippen LogP contribution in [0.2, 0.25) is 0 Å². The maximum absolute atomic E-state index is 6.12. The SMILES string of the molecule is C.C.CC[N+](CC)(CC)CCOCCOCCN(CCOCC[N+](CC)(CC)CC)c1cc(OC)ccc1C. The van der Waals surface area contributed by atoms with E-state index in [1.807, 2.05) is 6.07 Å². The number of nitrogens with zero attached hydrogens (tertiary/aromatic N) is 3. The normalized spacial score (nSPS) is 11.6. The number of ether oxygens (including phenoxy) is 4. The summed E-state index contributed by atoms with van der Waals surface area (Å²) in [4.78, 5) is 2.36. The first-order chi connectivity index (χ1) is 17.9. The Morgan fingerprint density at radius 3 is 1.44 bits per heavy atom. The molecule has 0 atom stereocenters. The first-order valence-electron chi connectivity index (χ1n) is 14.7. The third kappa shape index (κ3) is 13.7. The van der Waals surface area contributed by atoms with Crippen molar-refractivity contribution in [1.82, 2.24) is 0 Å². The molecule has 0 saturated carbocycles. The molecule has 0 saturated heterocycles. The van der Waals surface area contributed by atoms with E-state index in [1.54, 1.807) is 7.11 Å². The zero-order chi connectivity index (χ0) is 27.6. The van der Waals surface area contributed by atoms with Crippen LogP contribution in [0.15, 0.2) is 18.2 Å². The summed E-state index contributed by atoms with van der Waals surface area (Å²) in [5, 5.41) is 0. The lowest BCUT2D eigenvalue weighted by Gasteiger charge is -2.35. The molecule has 232 valence electrons. The van der Waals surface area contributed by atoms with Gasteiger partial charge in [0.05, 0.1) is 86.0 Å². The summed E-state index contributed by atoms with van der Waals surface area (Å²) in [5.41, 5.74) is 2.41. The summed E-state index contributed by atoms with van der Waals surface area (Å²) in [6.45, 7) is 30.7. The van der Waals surface area contributed by atoms with E-state index >= 15 is 0 Å². The van der Waals surface area contributed by atoms with E-state index in [0.717, 1.165) is 93.4 Å². The number of likely N-dealkylation sites (N-methyl/N-ethyl adjacent to an activating group) is 2. The standard InChI is InChI=1S/C30H59N3O4.2CH4/c1-9-32(10-2,11-3)19-23-35-21-17-31(30-27-29(34-8)16-15-28(30)7)18-22-36-25-26-37-24-20-33(12-4,13-5)14-6;;/h15-16,27H,9-14,17-26H2,1-8H3;2*1H4/q+2;;. The van der Waals surface area contributed by atoms with Crippen LogP contribution in [-0.2, 0) is 14.2 Å². The van der Waals surface area contributed by atoms with Crippen LogP contribution in [0, 0.1) is 6.92 Å². The monoisotopic (exact) mass is 558 g/mol. The molecule has 1 aromatic rings. The Kier molecular flexibility index (Phi) is 22.8. The molecule has 0 amide bonds. The number of anilines is 1. The highest BCUT2D eigenvalue weighted by atomic mass is 16.5. The Bertz CT molecular complexity index is 692. The summed E-state index contributed by atoms with van der Waals surface area (Å²) in [6, 6.07) is 6.25. The lowest BCUT2D eigenvalue weighted by molar-refractivity contribution is -0.923. The van der Waals surface area contributed by atoms with Crippen molar-refractivity contribution in [3.8, 4) is 5.75 Å². The Morgan fingerprint density at radius 2 is 1.03 bits per heavy atom. The minimum atomic E-state index is 0. The van der Waals surface area contributed by atoms with Crippen molar-refractivity contribution in [2.45, 2.75) is 63.3 Å². The fraction of sp³-hybridized carbons (Fsp3) is 0.812. The summed E-state index contributed by atoms with van der Waals surface area (Å²) >= 11 is 0. The maximum Gasteiger partial charge on any atom is 0.120 e. The summed E-state index contributed by atoms with van der Waals surface area (Å²) < 4.78 is 25.7. The largest absolute Gasteiger partial charge is 0.497 e. The molecule has 0 fully saturated rings. The van der Waals surface area contributed by atoms with Gasteiger partial charge in [0.1, 0.15) is 18.8 Å². The molecule has 0 aromatic heterocycles. The molecule has 0 unspecified atom stereocenters. The number of methoxy groups -OCH3 is 1. The van der Waals surface area contributed by atoms with Gasteiger partial charge >= 0.3 is 0 Å². The van der Waals surface area contributed by atoms with Crippen LogP contribution in [0.3, 0.4) is 0 Å². The predicted octanol–water partition coefficient (Wildman–Crippen LogP) is 5.89. The average molecular weight is 558 g/mol. The summed E-state index contributed by atoms with van der Waals surface area (Å²) in [6.07, 6.45) is 0. The zero-order valence-corrected chi connectivity index (χ0v) is 25.5. The lowest BCUT2D eigenvalue weighted by atomic mass is 10.1. The Balaban J connectivity index is 0. The van der Waals surface area contributed by atoms with Crippen LogP contribution in [0.4, 0.5) is 5.69 Å². The molecular weight excluding hydrogens is 490 g/mol. The molecule has 0 aliphatic carbocycles. The van der Waals surface area contributed by atoms with Crippen molar-refractivity contribution in [3.05, 3.63) is 23.8 Å². The second-order valence-corrected chi connectivity index (χ2v) is 10.0. The minimum Gasteiger partial charge on any atom is -0.497 e. The molecule has 0 N–H and O–H groups in total. The lowest BCUT2D eigenvalue weighted by Crippen LogP contribution is -2.49. The topological polar surface area (TPSA) is 40.2 Å². The van der Waals surface area contributed by atoms with Crippen molar-refractivity contribution in [2.24, 2.45) is 0 Å². The third-order valence-electron chi connectivity index (χ3n) is 8.58. The van der Waals surface area contributed by atoms with E-state index in [0.29, 0.717) is 26.4 Å². The van der Waals surface area contributed by atoms with E-state index in [-0.39, 0.29) is 14.9 Å². The van der Waals surface area contributed by atoms with Gasteiger partial charge in [0.2, 0.25) is 0 Å². The molecule has 0 aliphatic heterocycles. The van der Waals surface area contributed by atoms with Crippen LogP contribution >= 0.6 is 0 Å². The predicted molar refractivity (Wildman–Crippen MR) is 169 cm³/mol. The fourth-order valence-electron chi connectivity index (χ4n) is 4.99. The van der Waals surface area contributed by atoms with Gasteiger partial charge < -0.3 is 32.8 Å². The van der Waals surface area contributed by atoms with Gasteiger partial charge in [-0.3, -0.25) is 0 Å². The number of quaternary nitrogens is 2. The second-order valence-electron chi connectivity index (χ2n) is 10.0. The minimum absolute atomic E-state index is 0. The van der Waals surface area contributed by atoms with Crippen LogP contribution in [0.1, 0.15) is 62.0 Å². The van der Waals surface area contributed by atoms with Gasteiger partial charge in [0.15, 0.2) is 0 Å². The molecule has 0 bridgehead atoms. The van der Waals surface area contributed by atoms with Crippen LogP contribution in [0.5, 0.6) is 5.75 Å². The van der Waals surface area contributed by atoms with E-state index in [9.17, 15) is 0 Å². The fourth-order valence-corrected chi connectivity index (χ4v) is 4.99. The van der Waals surface area contributed by atoms with Gasteiger partial charge in [0.25, 0.3) is 0 Å². The number of hydrogen-bond donors (Lipinski definition) is 0. The second kappa shape index (κ2) is 22.3. The Labute approximate surface area is 243 Å². The van der Waals surface area contributed by atoms with Gasteiger partial charge in [0, 0.05) is 24.8 Å². The molecule has 0 spiro atoms. The van der Waals surface area contributed by atoms with Crippen molar-refractivity contribution in [1.29, 1.82) is 0 Å². The Hall–Kier alpha value is -1.38. The number of hydrogen-bond acceptors (Lipinski definition) is 5. The van der Waals surface area contributed by atoms with E-state index in [4.69, 9.17) is 18.9 Å². The molecule has 7 nitrogen and oxygen atoms in total. The first kappa shape index (κ1) is 39.8. The van der Waals surface area contributed by atoms with E-state index in [1.165, 1.54) is 11.3 Å². The Morgan fingerprint density at radius 1 is 0.615 bits per heavy atom. The smallest absolute Gasteiger partial charge is 0.120 e. The third-order valence-corrected chi connectivity index (χ3v) is 8.58.